The molecule has 1 aromatic carbocycles. The van der Waals surface area contributed by atoms with Crippen molar-refractivity contribution in [2.45, 2.75) is 19.0 Å². The average molecular weight is 287 g/mol. The van der Waals surface area contributed by atoms with Crippen LogP contribution in [0.2, 0.25) is 0 Å². The third-order valence-electron chi connectivity index (χ3n) is 3.62. The maximum atomic E-state index is 14.2. The van der Waals surface area contributed by atoms with Crippen LogP contribution in [0.4, 0.5) is 4.39 Å². The topological polar surface area (TPSA) is 99.3 Å². The Hall–Kier alpha value is -2.70. The number of carbonyl (C=O) groups is 1. The third-order valence-corrected chi connectivity index (χ3v) is 3.62. The van der Waals surface area contributed by atoms with Gasteiger partial charge in [0.2, 0.25) is 5.91 Å². The maximum absolute atomic E-state index is 14.2. The highest BCUT2D eigenvalue weighted by Crippen LogP contribution is 2.33. The molecule has 6 nitrogen and oxygen atoms in total. The molecule has 0 radical (unpaired) electrons. The first-order chi connectivity index (χ1) is 9.90. The summed E-state index contributed by atoms with van der Waals surface area (Å²) in [6, 6.07) is 4.00. The Morgan fingerprint density at radius 2 is 2.24 bits per heavy atom. The second-order valence-corrected chi connectivity index (χ2v) is 5.21. The lowest BCUT2D eigenvalue weighted by molar-refractivity contribution is 0.1000. The molecule has 1 atom stereocenters. The monoisotopic (exact) mass is 287 g/mol. The first-order valence-electron chi connectivity index (χ1n) is 6.37. The molecule has 0 saturated carbocycles. The number of aromatic nitrogens is 2. The summed E-state index contributed by atoms with van der Waals surface area (Å²) >= 11 is 0. The van der Waals surface area contributed by atoms with Crippen molar-refractivity contribution in [3.05, 3.63) is 53.4 Å². The number of primary amides is 1. The number of fused-ring (bicyclic) bond motifs is 1. The molecule has 1 aliphatic rings. The summed E-state index contributed by atoms with van der Waals surface area (Å²) in [6.07, 6.45) is 3.37. The number of carbonyl (C=O) groups excluding carboxylic acids is 1. The number of benzene rings is 1. The van der Waals surface area contributed by atoms with Crippen molar-refractivity contribution in [1.29, 1.82) is 0 Å². The van der Waals surface area contributed by atoms with Gasteiger partial charge < -0.3 is 16.0 Å². The minimum absolute atomic E-state index is 0.234. The molecular weight excluding hydrogens is 273 g/mol. The summed E-state index contributed by atoms with van der Waals surface area (Å²) in [7, 11) is 0. The highest BCUT2D eigenvalue weighted by molar-refractivity contribution is 5.95. The molecule has 2 heterocycles. The minimum atomic E-state index is -0.923. The predicted octanol–water partition coefficient (Wildman–Crippen LogP) is 0.755. The van der Waals surface area contributed by atoms with Gasteiger partial charge in [-0.15, -0.1) is 0 Å². The molecule has 0 saturated heterocycles. The van der Waals surface area contributed by atoms with E-state index in [2.05, 4.69) is 9.98 Å². The molecule has 2 aromatic rings. The van der Waals surface area contributed by atoms with Gasteiger partial charge in [-0.3, -0.25) is 9.79 Å². The Morgan fingerprint density at radius 1 is 1.48 bits per heavy atom. The van der Waals surface area contributed by atoms with E-state index in [0.29, 0.717) is 12.4 Å². The van der Waals surface area contributed by atoms with Crippen LogP contribution in [0, 0.1) is 5.82 Å². The van der Waals surface area contributed by atoms with Gasteiger partial charge in [0.05, 0.1) is 6.54 Å². The SMILES string of the molecule is CC1(c2cc(C(N)=O)ccc2F)Cn2ccnc2C(N)=N1. The van der Waals surface area contributed by atoms with E-state index in [9.17, 15) is 9.18 Å². The standard InChI is InChI=1S/C14H14FN5O/c1-14(7-20-5-4-18-13(20)11(16)19-14)9-6-8(12(17)21)2-3-10(9)15/h2-6H,7H2,1H3,(H2,16,19)(H2,17,21). The van der Waals surface area contributed by atoms with Gasteiger partial charge in [0.1, 0.15) is 11.4 Å². The van der Waals surface area contributed by atoms with Crippen molar-refractivity contribution in [3.63, 3.8) is 0 Å². The van der Waals surface area contributed by atoms with Crippen LogP contribution in [0.1, 0.15) is 28.7 Å². The molecule has 3 rings (SSSR count). The quantitative estimate of drug-likeness (QED) is 0.852. The normalized spacial score (nSPS) is 20.8. The number of hydrogen-bond donors (Lipinski definition) is 2. The van der Waals surface area contributed by atoms with E-state index < -0.39 is 17.3 Å². The summed E-state index contributed by atoms with van der Waals surface area (Å²) in [4.78, 5) is 19.8. The first-order valence-corrected chi connectivity index (χ1v) is 6.37. The Bertz CT molecular complexity index is 766. The predicted molar refractivity (Wildman–Crippen MR) is 75.2 cm³/mol. The summed E-state index contributed by atoms with van der Waals surface area (Å²) < 4.78 is 16.0. The summed E-state index contributed by atoms with van der Waals surface area (Å²) in [5, 5.41) is 0. The lowest BCUT2D eigenvalue weighted by Gasteiger charge is -2.31. The molecule has 1 aliphatic heterocycles. The molecule has 1 amide bonds. The molecule has 4 N–H and O–H groups in total. The fourth-order valence-corrected chi connectivity index (χ4v) is 2.59. The van der Waals surface area contributed by atoms with Gasteiger partial charge in [-0.2, -0.15) is 0 Å². The summed E-state index contributed by atoms with van der Waals surface area (Å²) in [6.45, 7) is 2.13. The van der Waals surface area contributed by atoms with Gasteiger partial charge in [0, 0.05) is 23.5 Å². The number of imidazole rings is 1. The maximum Gasteiger partial charge on any atom is 0.248 e. The highest BCUT2D eigenvalue weighted by atomic mass is 19.1. The average Bonchev–Trinajstić information content (AvgIpc) is 2.87. The molecule has 0 spiro atoms. The van der Waals surface area contributed by atoms with E-state index >= 15 is 0 Å². The van der Waals surface area contributed by atoms with E-state index in [1.165, 1.54) is 18.2 Å². The zero-order chi connectivity index (χ0) is 15.2. The molecule has 7 heteroatoms. The minimum Gasteiger partial charge on any atom is -0.381 e. The van der Waals surface area contributed by atoms with Crippen molar-refractivity contribution in [3.8, 4) is 0 Å². The summed E-state index contributed by atoms with van der Waals surface area (Å²) in [5.74, 6) is -0.282. The lowest BCUT2D eigenvalue weighted by Crippen LogP contribution is -2.37. The number of aliphatic imine (C=N–C) groups is 1. The van der Waals surface area contributed by atoms with Crippen LogP contribution < -0.4 is 11.5 Å². The smallest absolute Gasteiger partial charge is 0.248 e. The van der Waals surface area contributed by atoms with Gasteiger partial charge in [-0.05, 0) is 25.1 Å². The van der Waals surface area contributed by atoms with Crippen LogP contribution >= 0.6 is 0 Å². The van der Waals surface area contributed by atoms with Gasteiger partial charge in [0.25, 0.3) is 0 Å². The largest absolute Gasteiger partial charge is 0.381 e. The van der Waals surface area contributed by atoms with Crippen molar-refractivity contribution >= 4 is 11.7 Å². The van der Waals surface area contributed by atoms with Crippen LogP contribution in [0.3, 0.4) is 0 Å². The van der Waals surface area contributed by atoms with E-state index in [4.69, 9.17) is 11.5 Å². The van der Waals surface area contributed by atoms with Crippen LogP contribution in [0.15, 0.2) is 35.6 Å². The van der Waals surface area contributed by atoms with Gasteiger partial charge in [-0.25, -0.2) is 9.37 Å². The third kappa shape index (κ3) is 2.06. The first kappa shape index (κ1) is 13.3. The number of nitrogens with two attached hydrogens (primary N) is 2. The fraction of sp³-hybridized carbons (Fsp3) is 0.214. The molecule has 0 aliphatic carbocycles. The van der Waals surface area contributed by atoms with E-state index in [0.717, 1.165) is 0 Å². The number of hydrogen-bond acceptors (Lipinski definition) is 4. The Balaban J connectivity index is 2.14. The zero-order valence-electron chi connectivity index (χ0n) is 11.4. The lowest BCUT2D eigenvalue weighted by atomic mass is 9.89. The Kier molecular flexibility index (Phi) is 2.79. The Labute approximate surface area is 120 Å². The van der Waals surface area contributed by atoms with Gasteiger partial charge in [-0.1, -0.05) is 0 Å². The second kappa shape index (κ2) is 4.41. The molecule has 1 aromatic heterocycles. The van der Waals surface area contributed by atoms with Crippen molar-refractivity contribution < 1.29 is 9.18 Å². The van der Waals surface area contributed by atoms with Crippen LogP contribution in [-0.2, 0) is 12.1 Å². The second-order valence-electron chi connectivity index (χ2n) is 5.21. The van der Waals surface area contributed by atoms with E-state index in [-0.39, 0.29) is 17.0 Å². The van der Waals surface area contributed by atoms with Crippen molar-refractivity contribution in [2.75, 3.05) is 0 Å². The van der Waals surface area contributed by atoms with E-state index in [1.54, 1.807) is 23.9 Å². The molecule has 0 bridgehead atoms. The van der Waals surface area contributed by atoms with Crippen LogP contribution in [-0.4, -0.2) is 21.3 Å². The number of nitrogens with zero attached hydrogens (tertiary/aromatic N) is 3. The number of amides is 1. The summed E-state index contributed by atoms with van der Waals surface area (Å²) in [5.41, 5.74) is 10.7. The van der Waals surface area contributed by atoms with Crippen LogP contribution in [0.5, 0.6) is 0 Å². The molecule has 1 unspecified atom stereocenters. The van der Waals surface area contributed by atoms with Gasteiger partial charge in [0.15, 0.2) is 11.7 Å². The number of rotatable bonds is 2. The number of halogens is 1. The number of amidine groups is 1. The highest BCUT2D eigenvalue weighted by Gasteiger charge is 2.35. The molecular formula is C14H14FN5O. The van der Waals surface area contributed by atoms with Gasteiger partial charge >= 0.3 is 0 Å². The molecule has 0 fully saturated rings. The Morgan fingerprint density at radius 3 is 2.95 bits per heavy atom. The zero-order valence-corrected chi connectivity index (χ0v) is 11.4. The van der Waals surface area contributed by atoms with Crippen LogP contribution in [0.25, 0.3) is 0 Å². The fourth-order valence-electron chi connectivity index (χ4n) is 2.59. The molecule has 108 valence electrons. The molecule has 21 heavy (non-hydrogen) atoms. The van der Waals surface area contributed by atoms with E-state index in [1.807, 2.05) is 0 Å². The van der Waals surface area contributed by atoms with Crippen molar-refractivity contribution in [2.24, 2.45) is 16.5 Å². The van der Waals surface area contributed by atoms with Crippen molar-refractivity contribution in [1.82, 2.24) is 9.55 Å².